The molecule has 1 aromatic rings. The van der Waals surface area contributed by atoms with Gasteiger partial charge in [-0.15, -0.1) is 0 Å². The van der Waals surface area contributed by atoms with Gasteiger partial charge in [-0.3, -0.25) is 9.58 Å². The summed E-state index contributed by atoms with van der Waals surface area (Å²) in [5.41, 5.74) is 7.02. The summed E-state index contributed by atoms with van der Waals surface area (Å²) < 4.78 is 1.86. The monoisotopic (exact) mass is 222 g/mol. The van der Waals surface area contributed by atoms with Crippen LogP contribution in [-0.2, 0) is 13.6 Å². The highest BCUT2D eigenvalue weighted by Gasteiger charge is 2.27. The van der Waals surface area contributed by atoms with Gasteiger partial charge in [-0.05, 0) is 31.4 Å². The Labute approximate surface area is 97.4 Å². The molecule has 16 heavy (non-hydrogen) atoms. The Balaban J connectivity index is 2.02. The largest absolute Gasteiger partial charge is 0.329 e. The lowest BCUT2D eigenvalue weighted by atomic mass is 9.91. The minimum Gasteiger partial charge on any atom is -0.329 e. The van der Waals surface area contributed by atoms with Crippen LogP contribution < -0.4 is 5.73 Å². The van der Waals surface area contributed by atoms with E-state index < -0.39 is 0 Å². The van der Waals surface area contributed by atoms with Crippen molar-refractivity contribution in [3.05, 3.63) is 18.0 Å². The predicted octanol–water partition coefficient (Wildman–Crippen LogP) is 0.979. The SMILES string of the molecule is CC1CCCN(Cc2ccn(C)n2)C1CN. The topological polar surface area (TPSA) is 47.1 Å². The highest BCUT2D eigenvalue weighted by atomic mass is 15.3. The molecule has 0 aromatic carbocycles. The van der Waals surface area contributed by atoms with E-state index in [4.69, 9.17) is 5.73 Å². The fraction of sp³-hybridized carbons (Fsp3) is 0.750. The molecule has 1 saturated heterocycles. The van der Waals surface area contributed by atoms with Gasteiger partial charge in [-0.1, -0.05) is 6.92 Å². The lowest BCUT2D eigenvalue weighted by Crippen LogP contribution is -2.48. The summed E-state index contributed by atoms with van der Waals surface area (Å²) >= 11 is 0. The number of rotatable bonds is 3. The second-order valence-corrected chi connectivity index (χ2v) is 4.87. The average molecular weight is 222 g/mol. The van der Waals surface area contributed by atoms with Crippen LogP contribution in [0, 0.1) is 5.92 Å². The van der Waals surface area contributed by atoms with E-state index in [2.05, 4.69) is 23.0 Å². The van der Waals surface area contributed by atoms with Crippen LogP contribution in [0.3, 0.4) is 0 Å². The number of piperidine rings is 1. The normalized spacial score (nSPS) is 27.2. The zero-order chi connectivity index (χ0) is 11.5. The van der Waals surface area contributed by atoms with Crippen molar-refractivity contribution in [3.63, 3.8) is 0 Å². The maximum absolute atomic E-state index is 5.88. The van der Waals surface area contributed by atoms with Gasteiger partial charge >= 0.3 is 0 Å². The molecule has 0 saturated carbocycles. The van der Waals surface area contributed by atoms with Crippen LogP contribution in [0.25, 0.3) is 0 Å². The van der Waals surface area contributed by atoms with Crippen LogP contribution in [0.15, 0.2) is 12.3 Å². The molecule has 0 spiro atoms. The molecule has 4 nitrogen and oxygen atoms in total. The minimum absolute atomic E-state index is 0.524. The van der Waals surface area contributed by atoms with Gasteiger partial charge in [0.2, 0.25) is 0 Å². The summed E-state index contributed by atoms with van der Waals surface area (Å²) in [5, 5.41) is 4.43. The molecule has 1 aliphatic heterocycles. The van der Waals surface area contributed by atoms with Gasteiger partial charge < -0.3 is 5.73 Å². The average Bonchev–Trinajstić information content (AvgIpc) is 2.64. The Morgan fingerprint density at radius 2 is 2.38 bits per heavy atom. The second-order valence-electron chi connectivity index (χ2n) is 4.87. The first kappa shape index (κ1) is 11.6. The fourth-order valence-electron chi connectivity index (χ4n) is 2.67. The molecule has 1 aliphatic rings. The molecule has 2 heterocycles. The van der Waals surface area contributed by atoms with E-state index in [1.54, 1.807) is 0 Å². The summed E-state index contributed by atoms with van der Waals surface area (Å²) in [6, 6.07) is 2.61. The lowest BCUT2D eigenvalue weighted by Gasteiger charge is -2.39. The molecular formula is C12H22N4. The van der Waals surface area contributed by atoms with Crippen LogP contribution in [0.1, 0.15) is 25.5 Å². The third-order valence-corrected chi connectivity index (χ3v) is 3.61. The molecule has 0 aliphatic carbocycles. The number of hydrogen-bond donors (Lipinski definition) is 1. The first-order chi connectivity index (χ1) is 7.70. The Bertz CT molecular complexity index is 334. The number of nitrogens with zero attached hydrogens (tertiary/aromatic N) is 3. The number of likely N-dealkylation sites (tertiary alicyclic amines) is 1. The molecule has 2 rings (SSSR count). The van der Waals surface area contributed by atoms with Gasteiger partial charge in [0, 0.05) is 32.4 Å². The van der Waals surface area contributed by atoms with E-state index in [-0.39, 0.29) is 0 Å². The van der Waals surface area contributed by atoms with E-state index in [1.165, 1.54) is 12.8 Å². The van der Waals surface area contributed by atoms with Gasteiger partial charge in [-0.25, -0.2) is 0 Å². The van der Waals surface area contributed by atoms with Crippen molar-refractivity contribution in [1.29, 1.82) is 0 Å². The van der Waals surface area contributed by atoms with Crippen LogP contribution >= 0.6 is 0 Å². The zero-order valence-electron chi connectivity index (χ0n) is 10.3. The Morgan fingerprint density at radius 1 is 1.56 bits per heavy atom. The van der Waals surface area contributed by atoms with Gasteiger partial charge in [0.25, 0.3) is 0 Å². The van der Waals surface area contributed by atoms with Gasteiger partial charge in [0.1, 0.15) is 0 Å². The van der Waals surface area contributed by atoms with E-state index in [0.717, 1.165) is 25.3 Å². The molecule has 0 radical (unpaired) electrons. The molecule has 2 N–H and O–H groups in total. The van der Waals surface area contributed by atoms with Crippen molar-refractivity contribution in [2.75, 3.05) is 13.1 Å². The number of nitrogens with two attached hydrogens (primary N) is 1. The lowest BCUT2D eigenvalue weighted by molar-refractivity contribution is 0.0976. The molecular weight excluding hydrogens is 200 g/mol. The Morgan fingerprint density at radius 3 is 3.00 bits per heavy atom. The second kappa shape index (κ2) is 4.97. The summed E-state index contributed by atoms with van der Waals surface area (Å²) in [7, 11) is 1.96. The maximum Gasteiger partial charge on any atom is 0.0764 e. The van der Waals surface area contributed by atoms with Crippen molar-refractivity contribution in [2.45, 2.75) is 32.4 Å². The third kappa shape index (κ3) is 2.44. The van der Waals surface area contributed by atoms with E-state index in [0.29, 0.717) is 12.0 Å². The number of hydrogen-bond acceptors (Lipinski definition) is 3. The third-order valence-electron chi connectivity index (χ3n) is 3.61. The molecule has 2 atom stereocenters. The predicted molar refractivity (Wildman–Crippen MR) is 64.9 cm³/mol. The van der Waals surface area contributed by atoms with Crippen molar-refractivity contribution >= 4 is 0 Å². The highest BCUT2D eigenvalue weighted by Crippen LogP contribution is 2.23. The van der Waals surface area contributed by atoms with Gasteiger partial charge in [-0.2, -0.15) is 5.10 Å². The van der Waals surface area contributed by atoms with E-state index in [1.807, 2.05) is 17.9 Å². The summed E-state index contributed by atoms with van der Waals surface area (Å²) in [6.07, 6.45) is 4.59. The first-order valence-corrected chi connectivity index (χ1v) is 6.13. The molecule has 1 aromatic heterocycles. The number of aryl methyl sites for hydroxylation is 1. The van der Waals surface area contributed by atoms with Crippen LogP contribution in [0.2, 0.25) is 0 Å². The van der Waals surface area contributed by atoms with Crippen molar-refractivity contribution in [2.24, 2.45) is 18.7 Å². The first-order valence-electron chi connectivity index (χ1n) is 6.13. The zero-order valence-corrected chi connectivity index (χ0v) is 10.3. The summed E-state index contributed by atoms with van der Waals surface area (Å²) in [5.74, 6) is 0.711. The van der Waals surface area contributed by atoms with Gasteiger partial charge in [0.05, 0.1) is 5.69 Å². The molecule has 90 valence electrons. The summed E-state index contributed by atoms with van der Waals surface area (Å²) in [4.78, 5) is 2.48. The molecule has 0 bridgehead atoms. The van der Waals surface area contributed by atoms with Crippen molar-refractivity contribution < 1.29 is 0 Å². The van der Waals surface area contributed by atoms with Crippen LogP contribution in [0.4, 0.5) is 0 Å². The standard InChI is InChI=1S/C12H22N4/c1-10-4-3-6-16(12(10)8-13)9-11-5-7-15(2)14-11/h5,7,10,12H,3-4,6,8-9,13H2,1-2H3. The smallest absolute Gasteiger partial charge is 0.0764 e. The van der Waals surface area contributed by atoms with Gasteiger partial charge in [0.15, 0.2) is 0 Å². The Kier molecular flexibility index (Phi) is 3.61. The van der Waals surface area contributed by atoms with Crippen LogP contribution in [-0.4, -0.2) is 33.8 Å². The molecule has 4 heteroatoms. The molecule has 2 unspecified atom stereocenters. The maximum atomic E-state index is 5.88. The van der Waals surface area contributed by atoms with Crippen molar-refractivity contribution in [3.8, 4) is 0 Å². The Hall–Kier alpha value is -0.870. The van der Waals surface area contributed by atoms with E-state index in [9.17, 15) is 0 Å². The molecule has 0 amide bonds. The van der Waals surface area contributed by atoms with E-state index >= 15 is 0 Å². The highest BCUT2D eigenvalue weighted by molar-refractivity contribution is 5.00. The fourth-order valence-corrected chi connectivity index (χ4v) is 2.67. The molecule has 1 fully saturated rings. The van der Waals surface area contributed by atoms with Crippen molar-refractivity contribution in [1.82, 2.24) is 14.7 Å². The quantitative estimate of drug-likeness (QED) is 0.829. The summed E-state index contributed by atoms with van der Waals surface area (Å²) in [6.45, 7) is 5.16. The number of aromatic nitrogens is 2. The van der Waals surface area contributed by atoms with Crippen LogP contribution in [0.5, 0.6) is 0 Å². The minimum atomic E-state index is 0.524.